The van der Waals surface area contributed by atoms with Crippen molar-refractivity contribution in [2.75, 3.05) is 30.4 Å². The standard InChI is InChI=1S/C25H31N3O2S/c1-5-27(6-2)21-12-10-20(11-13-21)17-28(18-22-8-7-15-30-22)25(31)26-23-16-19(3)9-14-24(23)29-4/h7-16H,5-6,17-18H2,1-4H3,(H,26,31). The summed E-state index contributed by atoms with van der Waals surface area (Å²) in [7, 11) is 1.66. The normalized spacial score (nSPS) is 10.6. The van der Waals surface area contributed by atoms with Crippen LogP contribution in [0.5, 0.6) is 5.75 Å². The molecule has 31 heavy (non-hydrogen) atoms. The molecule has 1 N–H and O–H groups in total. The second kappa shape index (κ2) is 10.9. The molecule has 1 aromatic heterocycles. The van der Waals surface area contributed by atoms with Gasteiger partial charge in [0.05, 0.1) is 25.6 Å². The Hall–Kier alpha value is -2.99. The largest absolute Gasteiger partial charge is 0.495 e. The summed E-state index contributed by atoms with van der Waals surface area (Å²) < 4.78 is 11.1. The molecule has 0 aliphatic rings. The van der Waals surface area contributed by atoms with Gasteiger partial charge in [-0.05, 0) is 80.5 Å². The predicted molar refractivity (Wildman–Crippen MR) is 132 cm³/mol. The summed E-state index contributed by atoms with van der Waals surface area (Å²) >= 11 is 5.79. The summed E-state index contributed by atoms with van der Waals surface area (Å²) in [5.74, 6) is 1.62. The highest BCUT2D eigenvalue weighted by molar-refractivity contribution is 7.80. The fourth-order valence-corrected chi connectivity index (χ4v) is 3.76. The number of hydrogen-bond donors (Lipinski definition) is 1. The van der Waals surface area contributed by atoms with Crippen molar-refractivity contribution in [3.8, 4) is 5.75 Å². The predicted octanol–water partition coefficient (Wildman–Crippen LogP) is 5.84. The van der Waals surface area contributed by atoms with Crippen LogP contribution in [0.1, 0.15) is 30.7 Å². The summed E-state index contributed by atoms with van der Waals surface area (Å²) in [6, 6.07) is 18.5. The first-order valence-corrected chi connectivity index (χ1v) is 11.0. The first-order chi connectivity index (χ1) is 15.0. The molecule has 6 heteroatoms. The molecular formula is C25H31N3O2S. The van der Waals surface area contributed by atoms with Gasteiger partial charge in [0, 0.05) is 25.3 Å². The first-order valence-electron chi connectivity index (χ1n) is 10.6. The fourth-order valence-electron chi connectivity index (χ4n) is 3.53. The van der Waals surface area contributed by atoms with Gasteiger partial charge >= 0.3 is 0 Å². The first kappa shape index (κ1) is 22.7. The lowest BCUT2D eigenvalue weighted by Crippen LogP contribution is -2.33. The van der Waals surface area contributed by atoms with Crippen LogP contribution in [-0.2, 0) is 13.1 Å². The highest BCUT2D eigenvalue weighted by Gasteiger charge is 2.15. The van der Waals surface area contributed by atoms with E-state index >= 15 is 0 Å². The van der Waals surface area contributed by atoms with Gasteiger partial charge in [0.25, 0.3) is 0 Å². The maximum atomic E-state index is 5.79. The van der Waals surface area contributed by atoms with E-state index in [9.17, 15) is 0 Å². The number of aryl methyl sites for hydroxylation is 1. The number of furan rings is 1. The zero-order valence-electron chi connectivity index (χ0n) is 18.7. The molecule has 0 radical (unpaired) electrons. The van der Waals surface area contributed by atoms with Crippen molar-refractivity contribution >= 4 is 28.7 Å². The third kappa shape index (κ3) is 6.01. The minimum absolute atomic E-state index is 0.574. The third-order valence-corrected chi connectivity index (χ3v) is 5.61. The Labute approximate surface area is 190 Å². The number of hydrogen-bond acceptors (Lipinski definition) is 4. The molecule has 0 unspecified atom stereocenters. The molecule has 0 aliphatic heterocycles. The van der Waals surface area contributed by atoms with Gasteiger partial charge in [-0.1, -0.05) is 18.2 Å². The van der Waals surface area contributed by atoms with Crippen molar-refractivity contribution in [3.63, 3.8) is 0 Å². The monoisotopic (exact) mass is 437 g/mol. The van der Waals surface area contributed by atoms with Gasteiger partial charge in [-0.3, -0.25) is 0 Å². The number of nitrogens with zero attached hydrogens (tertiary/aromatic N) is 2. The minimum atomic E-state index is 0.574. The lowest BCUT2D eigenvalue weighted by molar-refractivity contribution is 0.360. The molecular weight excluding hydrogens is 406 g/mol. The average Bonchev–Trinajstić information content (AvgIpc) is 3.28. The molecule has 0 atom stereocenters. The van der Waals surface area contributed by atoms with Crippen molar-refractivity contribution in [1.29, 1.82) is 0 Å². The van der Waals surface area contributed by atoms with Gasteiger partial charge in [-0.25, -0.2) is 0 Å². The maximum absolute atomic E-state index is 5.79. The third-order valence-electron chi connectivity index (χ3n) is 5.25. The molecule has 0 saturated heterocycles. The zero-order valence-corrected chi connectivity index (χ0v) is 19.5. The van der Waals surface area contributed by atoms with Crippen molar-refractivity contribution < 1.29 is 9.15 Å². The number of rotatable bonds is 9. The summed E-state index contributed by atoms with van der Waals surface area (Å²) in [4.78, 5) is 4.43. The van der Waals surface area contributed by atoms with Crippen LogP contribution in [0, 0.1) is 6.92 Å². The molecule has 0 bridgehead atoms. The summed E-state index contributed by atoms with van der Waals surface area (Å²) in [6.45, 7) is 9.62. The van der Waals surface area contributed by atoms with E-state index in [2.05, 4.69) is 53.2 Å². The molecule has 0 aliphatic carbocycles. The van der Waals surface area contributed by atoms with Crippen molar-refractivity contribution in [1.82, 2.24) is 4.90 Å². The van der Waals surface area contributed by atoms with Crippen molar-refractivity contribution in [2.24, 2.45) is 0 Å². The maximum Gasteiger partial charge on any atom is 0.174 e. The van der Waals surface area contributed by atoms with Crippen LogP contribution in [0.4, 0.5) is 11.4 Å². The van der Waals surface area contributed by atoms with Gasteiger partial charge in [0.2, 0.25) is 0 Å². The number of thiocarbonyl (C=S) groups is 1. The number of ether oxygens (including phenoxy) is 1. The molecule has 2 aromatic carbocycles. The molecule has 3 aromatic rings. The molecule has 0 fully saturated rings. The van der Waals surface area contributed by atoms with Crippen LogP contribution in [0.15, 0.2) is 65.3 Å². The lowest BCUT2D eigenvalue weighted by atomic mass is 10.1. The van der Waals surface area contributed by atoms with E-state index in [1.807, 2.05) is 37.3 Å². The molecule has 0 spiro atoms. The summed E-state index contributed by atoms with van der Waals surface area (Å²) in [6.07, 6.45) is 1.69. The van der Waals surface area contributed by atoms with E-state index in [4.69, 9.17) is 21.4 Å². The van der Waals surface area contributed by atoms with E-state index in [0.717, 1.165) is 35.9 Å². The average molecular weight is 438 g/mol. The Balaban J connectivity index is 1.80. The summed E-state index contributed by atoms with van der Waals surface area (Å²) in [5.41, 5.74) is 4.41. The fraction of sp³-hybridized carbons (Fsp3) is 0.320. The van der Waals surface area contributed by atoms with E-state index < -0.39 is 0 Å². The molecule has 0 saturated carbocycles. The molecule has 0 amide bonds. The van der Waals surface area contributed by atoms with E-state index in [-0.39, 0.29) is 0 Å². The van der Waals surface area contributed by atoms with Crippen LogP contribution >= 0.6 is 12.2 Å². The number of nitrogens with one attached hydrogen (secondary N) is 1. The Kier molecular flexibility index (Phi) is 7.95. The van der Waals surface area contributed by atoms with Gasteiger partial charge in [-0.2, -0.15) is 0 Å². The van der Waals surface area contributed by atoms with E-state index in [1.165, 1.54) is 11.3 Å². The molecule has 164 valence electrons. The Bertz CT molecular complexity index is 967. The van der Waals surface area contributed by atoms with Gasteiger partial charge in [0.1, 0.15) is 11.5 Å². The number of benzene rings is 2. The Morgan fingerprint density at radius 2 is 1.77 bits per heavy atom. The quantitative estimate of drug-likeness (QED) is 0.424. The smallest absolute Gasteiger partial charge is 0.174 e. The second-order valence-corrected chi connectivity index (χ2v) is 7.79. The number of anilines is 2. The van der Waals surface area contributed by atoms with Crippen LogP contribution < -0.4 is 15.0 Å². The molecule has 3 rings (SSSR count). The SMILES string of the molecule is CCN(CC)c1ccc(CN(Cc2ccco2)C(=S)Nc2cc(C)ccc2OC)cc1. The lowest BCUT2D eigenvalue weighted by Gasteiger charge is -2.26. The second-order valence-electron chi connectivity index (χ2n) is 7.41. The van der Waals surface area contributed by atoms with E-state index in [1.54, 1.807) is 13.4 Å². The van der Waals surface area contributed by atoms with Gasteiger partial charge in [0.15, 0.2) is 5.11 Å². The molecule has 5 nitrogen and oxygen atoms in total. The minimum Gasteiger partial charge on any atom is -0.495 e. The Morgan fingerprint density at radius 1 is 1.03 bits per heavy atom. The van der Waals surface area contributed by atoms with Crippen molar-refractivity contribution in [3.05, 3.63) is 77.7 Å². The van der Waals surface area contributed by atoms with E-state index in [0.29, 0.717) is 18.2 Å². The highest BCUT2D eigenvalue weighted by atomic mass is 32.1. The van der Waals surface area contributed by atoms with Gasteiger partial charge < -0.3 is 24.3 Å². The van der Waals surface area contributed by atoms with Crippen LogP contribution in [0.2, 0.25) is 0 Å². The summed E-state index contributed by atoms with van der Waals surface area (Å²) in [5, 5.41) is 3.98. The van der Waals surface area contributed by atoms with Crippen LogP contribution in [0.3, 0.4) is 0 Å². The molecule has 1 heterocycles. The van der Waals surface area contributed by atoms with Crippen LogP contribution in [0.25, 0.3) is 0 Å². The Morgan fingerprint density at radius 3 is 2.39 bits per heavy atom. The zero-order chi connectivity index (χ0) is 22.2. The highest BCUT2D eigenvalue weighted by Crippen LogP contribution is 2.26. The van der Waals surface area contributed by atoms with Crippen molar-refractivity contribution in [2.45, 2.75) is 33.9 Å². The topological polar surface area (TPSA) is 40.9 Å². The van der Waals surface area contributed by atoms with Gasteiger partial charge in [-0.15, -0.1) is 0 Å². The number of methoxy groups -OCH3 is 1. The van der Waals surface area contributed by atoms with Crippen LogP contribution in [-0.4, -0.2) is 30.2 Å².